The van der Waals surface area contributed by atoms with Crippen molar-refractivity contribution in [1.29, 1.82) is 0 Å². The summed E-state index contributed by atoms with van der Waals surface area (Å²) >= 11 is 0. The molecular formula is C12H18O2. The Morgan fingerprint density at radius 1 is 1.36 bits per heavy atom. The van der Waals surface area contributed by atoms with E-state index in [0.29, 0.717) is 6.61 Å². The zero-order valence-electron chi connectivity index (χ0n) is 8.70. The zero-order valence-corrected chi connectivity index (χ0v) is 8.70. The Morgan fingerprint density at radius 2 is 2.21 bits per heavy atom. The minimum atomic E-state index is 0.0686. The Morgan fingerprint density at radius 3 is 2.93 bits per heavy atom. The van der Waals surface area contributed by atoms with Crippen molar-refractivity contribution in [3.8, 4) is 5.75 Å². The summed E-state index contributed by atoms with van der Waals surface area (Å²) in [5.41, 5.74) is 1.31. The van der Waals surface area contributed by atoms with Crippen LogP contribution in [0.25, 0.3) is 0 Å². The summed E-state index contributed by atoms with van der Waals surface area (Å²) in [6.07, 6.45) is 3.53. The number of hydrogen-bond donors (Lipinski definition) is 1. The first-order valence-electron chi connectivity index (χ1n) is 5.19. The Bertz CT molecular complexity index is 235. The van der Waals surface area contributed by atoms with Crippen molar-refractivity contribution in [3.63, 3.8) is 0 Å². The summed E-state index contributed by atoms with van der Waals surface area (Å²) in [7, 11) is 0. The molecule has 2 heteroatoms. The van der Waals surface area contributed by atoms with E-state index in [1.54, 1.807) is 0 Å². The Hall–Kier alpha value is -1.02. The molecule has 0 fully saturated rings. The minimum Gasteiger partial charge on any atom is -0.491 e. The number of rotatable bonds is 6. The third-order valence-electron chi connectivity index (χ3n) is 2.08. The van der Waals surface area contributed by atoms with Crippen LogP contribution in [0.5, 0.6) is 5.75 Å². The first-order chi connectivity index (χ1) is 6.86. The lowest BCUT2D eigenvalue weighted by Crippen LogP contribution is -2.01. The van der Waals surface area contributed by atoms with Crippen molar-refractivity contribution in [2.75, 3.05) is 13.2 Å². The van der Waals surface area contributed by atoms with E-state index in [4.69, 9.17) is 9.84 Å². The quantitative estimate of drug-likeness (QED) is 0.753. The predicted molar refractivity (Wildman–Crippen MR) is 57.6 cm³/mol. The van der Waals surface area contributed by atoms with Crippen LogP contribution in [0.1, 0.15) is 25.3 Å². The Balaban J connectivity index is 2.50. The van der Waals surface area contributed by atoms with Crippen LogP contribution in [0.3, 0.4) is 0 Å². The second kappa shape index (κ2) is 6.44. The van der Waals surface area contributed by atoms with E-state index < -0.39 is 0 Å². The molecule has 1 aromatic rings. The van der Waals surface area contributed by atoms with Crippen LogP contribution in [0.4, 0.5) is 0 Å². The highest BCUT2D eigenvalue weighted by atomic mass is 16.5. The SMILES string of the molecule is CCCCc1cccc(OCCO)c1. The maximum atomic E-state index is 8.61. The van der Waals surface area contributed by atoms with Gasteiger partial charge in [0.2, 0.25) is 0 Å². The molecule has 0 amide bonds. The third kappa shape index (κ3) is 3.79. The van der Waals surface area contributed by atoms with Crippen molar-refractivity contribution >= 4 is 0 Å². The molecule has 78 valence electrons. The molecule has 14 heavy (non-hydrogen) atoms. The van der Waals surface area contributed by atoms with Gasteiger partial charge in [0.1, 0.15) is 12.4 Å². The standard InChI is InChI=1S/C12H18O2/c1-2-3-5-11-6-4-7-12(10-11)14-9-8-13/h4,6-7,10,13H,2-3,5,8-9H2,1H3. The van der Waals surface area contributed by atoms with Gasteiger partial charge < -0.3 is 9.84 Å². The average molecular weight is 194 g/mol. The largest absolute Gasteiger partial charge is 0.491 e. The monoisotopic (exact) mass is 194 g/mol. The summed E-state index contributed by atoms with van der Waals surface area (Å²) in [5.74, 6) is 0.854. The van der Waals surface area contributed by atoms with E-state index >= 15 is 0 Å². The Labute approximate surface area is 85.5 Å². The average Bonchev–Trinajstić information content (AvgIpc) is 2.24. The summed E-state index contributed by atoms with van der Waals surface area (Å²) in [5, 5.41) is 8.61. The van der Waals surface area contributed by atoms with Gasteiger partial charge in [-0.25, -0.2) is 0 Å². The number of aliphatic hydroxyl groups excluding tert-OH is 1. The number of ether oxygens (including phenoxy) is 1. The molecule has 0 aliphatic heterocycles. The van der Waals surface area contributed by atoms with Crippen LogP contribution in [0, 0.1) is 0 Å². The third-order valence-corrected chi connectivity index (χ3v) is 2.08. The van der Waals surface area contributed by atoms with E-state index in [1.165, 1.54) is 18.4 Å². The maximum absolute atomic E-state index is 8.61. The fourth-order valence-electron chi connectivity index (χ4n) is 1.34. The van der Waals surface area contributed by atoms with Crippen molar-refractivity contribution < 1.29 is 9.84 Å². The normalized spacial score (nSPS) is 10.1. The number of aliphatic hydroxyl groups is 1. The minimum absolute atomic E-state index is 0.0686. The van der Waals surface area contributed by atoms with Gasteiger partial charge in [-0.05, 0) is 30.5 Å². The first-order valence-corrected chi connectivity index (χ1v) is 5.19. The second-order valence-electron chi connectivity index (χ2n) is 3.32. The van der Waals surface area contributed by atoms with Crippen molar-refractivity contribution in [2.24, 2.45) is 0 Å². The van der Waals surface area contributed by atoms with E-state index in [0.717, 1.165) is 12.2 Å². The molecule has 1 N–H and O–H groups in total. The summed E-state index contributed by atoms with van der Waals surface area (Å²) in [4.78, 5) is 0. The Kier molecular flexibility index (Phi) is 5.08. The fraction of sp³-hybridized carbons (Fsp3) is 0.500. The summed E-state index contributed by atoms with van der Waals surface area (Å²) in [6, 6.07) is 8.08. The van der Waals surface area contributed by atoms with Gasteiger partial charge in [0.15, 0.2) is 0 Å². The van der Waals surface area contributed by atoms with Gasteiger partial charge in [-0.1, -0.05) is 25.5 Å². The van der Waals surface area contributed by atoms with Gasteiger partial charge >= 0.3 is 0 Å². The lowest BCUT2D eigenvalue weighted by Gasteiger charge is -2.06. The molecule has 0 unspecified atom stereocenters. The second-order valence-corrected chi connectivity index (χ2v) is 3.32. The number of aryl methyl sites for hydroxylation is 1. The van der Waals surface area contributed by atoms with E-state index in [-0.39, 0.29) is 6.61 Å². The van der Waals surface area contributed by atoms with Gasteiger partial charge in [0, 0.05) is 0 Å². The molecule has 0 atom stereocenters. The van der Waals surface area contributed by atoms with E-state index in [9.17, 15) is 0 Å². The molecule has 1 rings (SSSR count). The molecule has 0 aliphatic rings. The van der Waals surface area contributed by atoms with Gasteiger partial charge in [-0.2, -0.15) is 0 Å². The summed E-state index contributed by atoms with van der Waals surface area (Å²) < 4.78 is 5.33. The number of unbranched alkanes of at least 4 members (excludes halogenated alkanes) is 1. The zero-order chi connectivity index (χ0) is 10.2. The molecule has 0 radical (unpaired) electrons. The van der Waals surface area contributed by atoms with Gasteiger partial charge in [0.25, 0.3) is 0 Å². The van der Waals surface area contributed by atoms with E-state index in [2.05, 4.69) is 13.0 Å². The molecule has 0 saturated carbocycles. The molecule has 0 bridgehead atoms. The topological polar surface area (TPSA) is 29.5 Å². The van der Waals surface area contributed by atoms with Gasteiger partial charge in [-0.15, -0.1) is 0 Å². The van der Waals surface area contributed by atoms with Gasteiger partial charge in [0.05, 0.1) is 6.61 Å². The highest BCUT2D eigenvalue weighted by molar-refractivity contribution is 5.28. The van der Waals surface area contributed by atoms with E-state index in [1.807, 2.05) is 18.2 Å². The lowest BCUT2D eigenvalue weighted by atomic mass is 10.1. The molecule has 0 saturated heterocycles. The highest BCUT2D eigenvalue weighted by Gasteiger charge is 1.96. The molecular weight excluding hydrogens is 176 g/mol. The van der Waals surface area contributed by atoms with Crippen LogP contribution < -0.4 is 4.74 Å². The number of hydrogen-bond acceptors (Lipinski definition) is 2. The fourth-order valence-corrected chi connectivity index (χ4v) is 1.34. The number of benzene rings is 1. The lowest BCUT2D eigenvalue weighted by molar-refractivity contribution is 0.201. The van der Waals surface area contributed by atoms with Crippen LogP contribution in [-0.2, 0) is 6.42 Å². The van der Waals surface area contributed by atoms with Crippen LogP contribution in [-0.4, -0.2) is 18.3 Å². The molecule has 1 aromatic carbocycles. The molecule has 0 heterocycles. The smallest absolute Gasteiger partial charge is 0.119 e. The molecule has 2 nitrogen and oxygen atoms in total. The van der Waals surface area contributed by atoms with Gasteiger partial charge in [-0.3, -0.25) is 0 Å². The molecule has 0 aromatic heterocycles. The first kappa shape index (κ1) is 11.1. The highest BCUT2D eigenvalue weighted by Crippen LogP contribution is 2.14. The van der Waals surface area contributed by atoms with Crippen LogP contribution in [0.2, 0.25) is 0 Å². The van der Waals surface area contributed by atoms with Crippen LogP contribution >= 0.6 is 0 Å². The predicted octanol–water partition coefficient (Wildman–Crippen LogP) is 2.40. The van der Waals surface area contributed by atoms with Crippen molar-refractivity contribution in [2.45, 2.75) is 26.2 Å². The molecule has 0 spiro atoms. The van der Waals surface area contributed by atoms with Crippen molar-refractivity contribution in [3.05, 3.63) is 29.8 Å². The summed E-state index contributed by atoms with van der Waals surface area (Å²) in [6.45, 7) is 2.63. The maximum Gasteiger partial charge on any atom is 0.119 e. The molecule has 0 aliphatic carbocycles. The van der Waals surface area contributed by atoms with Crippen LogP contribution in [0.15, 0.2) is 24.3 Å². The van der Waals surface area contributed by atoms with Crippen molar-refractivity contribution in [1.82, 2.24) is 0 Å².